The van der Waals surface area contributed by atoms with Crippen LogP contribution >= 0.6 is 12.2 Å². The molecule has 2 aliphatic rings. The number of fused-ring (bicyclic) bond motifs is 1. The molecular weight excluding hydrogens is 294 g/mol. The molecule has 1 fully saturated rings. The maximum Gasteiger partial charge on any atom is 0.169 e. The van der Waals surface area contributed by atoms with Crippen LogP contribution in [0.25, 0.3) is 0 Å². The summed E-state index contributed by atoms with van der Waals surface area (Å²) in [5, 5.41) is 4.34. The molecule has 0 aliphatic carbocycles. The van der Waals surface area contributed by atoms with Crippen LogP contribution in [0.3, 0.4) is 0 Å². The molecule has 2 aliphatic heterocycles. The molecule has 5 heteroatoms. The van der Waals surface area contributed by atoms with Crippen LogP contribution in [0.2, 0.25) is 0 Å². The predicted molar refractivity (Wildman–Crippen MR) is 92.2 cm³/mol. The van der Waals surface area contributed by atoms with Gasteiger partial charge >= 0.3 is 0 Å². The Labute approximate surface area is 138 Å². The third-order valence-electron chi connectivity index (χ3n) is 4.60. The van der Waals surface area contributed by atoms with Gasteiger partial charge in [0.25, 0.3) is 0 Å². The Morgan fingerprint density at radius 1 is 1.23 bits per heavy atom. The van der Waals surface area contributed by atoms with E-state index in [0.717, 1.165) is 57.5 Å². The second-order valence-electron chi connectivity index (χ2n) is 6.14. The quantitative estimate of drug-likeness (QED) is 0.614. The maximum absolute atomic E-state index is 5.56. The molecule has 0 radical (unpaired) electrons. The summed E-state index contributed by atoms with van der Waals surface area (Å²) in [6.45, 7) is 8.26. The monoisotopic (exact) mass is 320 g/mol. The van der Waals surface area contributed by atoms with Crippen molar-refractivity contribution in [1.29, 1.82) is 0 Å². The summed E-state index contributed by atoms with van der Waals surface area (Å²) in [5.74, 6) is 0. The molecule has 1 saturated heterocycles. The summed E-state index contributed by atoms with van der Waals surface area (Å²) in [6.07, 6.45) is 2.26. The van der Waals surface area contributed by atoms with Gasteiger partial charge in [-0.15, -0.1) is 0 Å². The first-order valence-corrected chi connectivity index (χ1v) is 8.74. The number of hydrogen-bond acceptors (Lipinski definition) is 2. The van der Waals surface area contributed by atoms with E-state index in [2.05, 4.69) is 34.5 Å². The normalized spacial score (nSPS) is 18.8. The van der Waals surface area contributed by atoms with Gasteiger partial charge in [-0.2, -0.15) is 0 Å². The second kappa shape index (κ2) is 7.90. The molecule has 0 unspecified atom stereocenters. The van der Waals surface area contributed by atoms with Crippen LogP contribution in [0.5, 0.6) is 0 Å². The van der Waals surface area contributed by atoms with E-state index in [4.69, 9.17) is 17.0 Å². The third kappa shape index (κ3) is 4.18. The molecule has 120 valence electrons. The number of nitrogens with zero attached hydrogens (tertiary/aromatic N) is 1. The summed E-state index contributed by atoms with van der Waals surface area (Å²) in [4.78, 5) is 3.95. The summed E-state index contributed by atoms with van der Waals surface area (Å²) in [5.41, 5.74) is 2.88. The van der Waals surface area contributed by atoms with Crippen molar-refractivity contribution < 1.29 is 9.64 Å². The van der Waals surface area contributed by atoms with Crippen LogP contribution in [-0.2, 0) is 17.7 Å². The van der Waals surface area contributed by atoms with Gasteiger partial charge in [-0.05, 0) is 29.8 Å². The highest BCUT2D eigenvalue weighted by Gasteiger charge is 2.18. The van der Waals surface area contributed by atoms with E-state index in [0.29, 0.717) is 0 Å². The lowest BCUT2D eigenvalue weighted by molar-refractivity contribution is -0.908. The Hall–Kier alpha value is -1.17. The lowest BCUT2D eigenvalue weighted by Gasteiger charge is -2.31. The highest BCUT2D eigenvalue weighted by Crippen LogP contribution is 2.18. The summed E-state index contributed by atoms with van der Waals surface area (Å²) >= 11 is 5.56. The maximum atomic E-state index is 5.56. The average Bonchev–Trinajstić information content (AvgIpc) is 2.59. The third-order valence-corrected chi connectivity index (χ3v) is 5.00. The molecule has 22 heavy (non-hydrogen) atoms. The van der Waals surface area contributed by atoms with Gasteiger partial charge < -0.3 is 19.9 Å². The van der Waals surface area contributed by atoms with Gasteiger partial charge in [0.1, 0.15) is 13.1 Å². The van der Waals surface area contributed by atoms with Crippen molar-refractivity contribution in [2.45, 2.75) is 19.4 Å². The highest BCUT2D eigenvalue weighted by molar-refractivity contribution is 7.80. The summed E-state index contributed by atoms with van der Waals surface area (Å²) < 4.78 is 5.39. The van der Waals surface area contributed by atoms with Crippen LogP contribution in [0.4, 0.5) is 0 Å². The molecule has 0 saturated carbocycles. The molecule has 0 atom stereocenters. The molecule has 0 aromatic heterocycles. The number of thiocarbonyl (C=S) groups is 1. The zero-order valence-corrected chi connectivity index (χ0v) is 14.0. The fraction of sp³-hybridized carbons (Fsp3) is 0.588. The Morgan fingerprint density at radius 2 is 2.00 bits per heavy atom. The van der Waals surface area contributed by atoms with Gasteiger partial charge in [-0.1, -0.05) is 24.3 Å². The van der Waals surface area contributed by atoms with Crippen LogP contribution in [0.15, 0.2) is 24.3 Å². The number of nitrogens with one attached hydrogen (secondary N) is 2. The first kappa shape index (κ1) is 15.7. The smallest absolute Gasteiger partial charge is 0.169 e. The van der Waals surface area contributed by atoms with Crippen LogP contribution in [-0.4, -0.2) is 55.9 Å². The largest absolute Gasteiger partial charge is 0.370 e. The minimum atomic E-state index is 0.909. The van der Waals surface area contributed by atoms with E-state index in [1.807, 2.05) is 0 Å². The van der Waals surface area contributed by atoms with Crippen molar-refractivity contribution in [2.75, 3.05) is 45.9 Å². The number of benzene rings is 1. The second-order valence-corrected chi connectivity index (χ2v) is 6.52. The number of ether oxygens (including phenoxy) is 1. The molecule has 3 rings (SSSR count). The van der Waals surface area contributed by atoms with Gasteiger partial charge in [0, 0.05) is 26.1 Å². The van der Waals surface area contributed by atoms with Crippen molar-refractivity contribution in [3.05, 3.63) is 35.4 Å². The Morgan fingerprint density at radius 3 is 2.82 bits per heavy atom. The molecule has 2 N–H and O–H groups in total. The fourth-order valence-corrected chi connectivity index (χ4v) is 3.48. The van der Waals surface area contributed by atoms with Crippen molar-refractivity contribution in [1.82, 2.24) is 10.2 Å². The van der Waals surface area contributed by atoms with E-state index in [1.165, 1.54) is 24.1 Å². The van der Waals surface area contributed by atoms with E-state index in [1.54, 1.807) is 4.90 Å². The van der Waals surface area contributed by atoms with Gasteiger partial charge in [0.2, 0.25) is 0 Å². The Bertz CT molecular complexity index is 502. The van der Waals surface area contributed by atoms with E-state index < -0.39 is 0 Å². The molecule has 0 bridgehead atoms. The summed E-state index contributed by atoms with van der Waals surface area (Å²) in [7, 11) is 0. The lowest BCUT2D eigenvalue weighted by Crippen LogP contribution is -3.14. The standard InChI is InChI=1S/C17H25N3OS/c22-17(18-7-3-8-19-10-12-21-13-11-19)20-9-6-15-4-1-2-5-16(15)14-20/h1-2,4-5H,3,6-14H2,(H,18,22)/p+1. The minimum Gasteiger partial charge on any atom is -0.370 e. The van der Waals surface area contributed by atoms with Crippen LogP contribution < -0.4 is 10.2 Å². The zero-order valence-electron chi connectivity index (χ0n) is 13.1. The number of morpholine rings is 1. The van der Waals surface area contributed by atoms with Crippen molar-refractivity contribution in [3.63, 3.8) is 0 Å². The zero-order chi connectivity index (χ0) is 15.2. The molecular formula is C17H26N3OS+. The van der Waals surface area contributed by atoms with Crippen molar-refractivity contribution in [3.8, 4) is 0 Å². The minimum absolute atomic E-state index is 0.909. The molecule has 2 heterocycles. The van der Waals surface area contributed by atoms with E-state index >= 15 is 0 Å². The topological polar surface area (TPSA) is 28.9 Å². The number of rotatable bonds is 4. The molecule has 0 amide bonds. The molecule has 4 nitrogen and oxygen atoms in total. The lowest BCUT2D eigenvalue weighted by atomic mass is 10.0. The van der Waals surface area contributed by atoms with Gasteiger partial charge in [-0.25, -0.2) is 0 Å². The average molecular weight is 320 g/mol. The van der Waals surface area contributed by atoms with Gasteiger partial charge in [0.05, 0.1) is 19.8 Å². The fourth-order valence-electron chi connectivity index (χ4n) is 3.22. The number of hydrogen-bond donors (Lipinski definition) is 2. The summed E-state index contributed by atoms with van der Waals surface area (Å²) in [6, 6.07) is 8.68. The van der Waals surface area contributed by atoms with Gasteiger partial charge in [0.15, 0.2) is 5.11 Å². The molecule has 0 spiro atoms. The molecule has 1 aromatic rings. The van der Waals surface area contributed by atoms with Crippen LogP contribution in [0, 0.1) is 0 Å². The Kier molecular flexibility index (Phi) is 5.64. The number of quaternary nitrogens is 1. The Balaban J connectivity index is 1.37. The predicted octanol–water partition coefficient (Wildman–Crippen LogP) is 0.224. The van der Waals surface area contributed by atoms with E-state index in [-0.39, 0.29) is 0 Å². The van der Waals surface area contributed by atoms with Crippen molar-refractivity contribution >= 4 is 17.3 Å². The SMILES string of the molecule is S=C(NCCC[NH+]1CCOCC1)N1CCc2ccccc2C1. The first-order valence-electron chi connectivity index (χ1n) is 8.34. The van der Waals surface area contributed by atoms with Crippen molar-refractivity contribution in [2.24, 2.45) is 0 Å². The van der Waals surface area contributed by atoms with Gasteiger partial charge in [-0.3, -0.25) is 0 Å². The van der Waals surface area contributed by atoms with E-state index in [9.17, 15) is 0 Å². The highest BCUT2D eigenvalue weighted by atomic mass is 32.1. The molecule has 1 aromatic carbocycles. The first-order chi connectivity index (χ1) is 10.8. The van der Waals surface area contributed by atoms with Crippen LogP contribution in [0.1, 0.15) is 17.5 Å².